The summed E-state index contributed by atoms with van der Waals surface area (Å²) in [6.45, 7) is 4.99. The highest BCUT2D eigenvalue weighted by atomic mass is 19.1. The standard InChI is InChI=1S/C19H21FN7O2/c1-10-24-16(27-18(21)25-10)13-5-11(7-19(2,3)28)8-22-15(13)26-12-6-14(20)17(29-4)23-9-12/h5-9,28H,1-4H3,(H,22,26)(H2,21,24,25,27). The summed E-state index contributed by atoms with van der Waals surface area (Å²) in [6.07, 6.45) is 4.62. The summed E-state index contributed by atoms with van der Waals surface area (Å²) >= 11 is 0. The van der Waals surface area contributed by atoms with Crippen LogP contribution in [0.15, 0.2) is 24.5 Å². The lowest BCUT2D eigenvalue weighted by atomic mass is 9.99. The fraction of sp³-hybridized carbons (Fsp3) is 0.263. The van der Waals surface area contributed by atoms with Gasteiger partial charge in [0.2, 0.25) is 11.8 Å². The Morgan fingerprint density at radius 2 is 1.93 bits per heavy atom. The van der Waals surface area contributed by atoms with Gasteiger partial charge in [-0.2, -0.15) is 9.97 Å². The molecule has 10 heteroatoms. The van der Waals surface area contributed by atoms with Gasteiger partial charge in [-0.15, -0.1) is 0 Å². The van der Waals surface area contributed by atoms with Crippen LogP contribution in [0.5, 0.6) is 5.88 Å². The number of ether oxygens (including phenoxy) is 1. The molecule has 0 spiro atoms. The summed E-state index contributed by atoms with van der Waals surface area (Å²) in [4.78, 5) is 20.8. The second kappa shape index (κ2) is 7.92. The molecule has 0 unspecified atom stereocenters. The number of anilines is 3. The minimum Gasteiger partial charge on any atom is -0.479 e. The van der Waals surface area contributed by atoms with Crippen LogP contribution in [0.2, 0.25) is 0 Å². The number of halogens is 1. The van der Waals surface area contributed by atoms with Crippen LogP contribution < -0.4 is 15.8 Å². The fourth-order valence-electron chi connectivity index (χ4n) is 2.64. The molecule has 3 aromatic heterocycles. The van der Waals surface area contributed by atoms with E-state index in [9.17, 15) is 9.50 Å². The van der Waals surface area contributed by atoms with Crippen LogP contribution in [0.1, 0.15) is 25.2 Å². The summed E-state index contributed by atoms with van der Waals surface area (Å²) in [6, 6.07) is 2.98. The molecule has 1 radical (unpaired) electrons. The normalized spacial score (nSPS) is 11.4. The summed E-state index contributed by atoms with van der Waals surface area (Å²) in [7, 11) is 1.34. The number of aromatic nitrogens is 5. The van der Waals surface area contributed by atoms with Crippen LogP contribution in [0.3, 0.4) is 0 Å². The maximum Gasteiger partial charge on any atom is 0.250 e. The van der Waals surface area contributed by atoms with E-state index >= 15 is 0 Å². The Balaban J connectivity index is 2.06. The van der Waals surface area contributed by atoms with E-state index in [2.05, 4.69) is 30.2 Å². The molecule has 0 saturated carbocycles. The van der Waals surface area contributed by atoms with Crippen molar-refractivity contribution < 1.29 is 14.2 Å². The zero-order valence-electron chi connectivity index (χ0n) is 16.4. The summed E-state index contributed by atoms with van der Waals surface area (Å²) in [5.41, 5.74) is 6.22. The monoisotopic (exact) mass is 398 g/mol. The van der Waals surface area contributed by atoms with Crippen LogP contribution in [0.4, 0.5) is 21.8 Å². The SMILES string of the molecule is COc1ncc(Nc2ncc([CH]C(C)(C)O)cc2-c2nc(C)nc(N)n2)cc1F. The zero-order chi connectivity index (χ0) is 21.2. The molecule has 3 aromatic rings. The van der Waals surface area contributed by atoms with Gasteiger partial charge in [-0.05, 0) is 32.4 Å². The number of nitrogens with one attached hydrogen (secondary N) is 1. The van der Waals surface area contributed by atoms with Crippen LogP contribution >= 0.6 is 0 Å². The first kappa shape index (κ1) is 20.3. The molecule has 0 amide bonds. The van der Waals surface area contributed by atoms with E-state index < -0.39 is 11.4 Å². The lowest BCUT2D eigenvalue weighted by molar-refractivity contribution is 0.119. The van der Waals surface area contributed by atoms with Gasteiger partial charge in [-0.3, -0.25) is 0 Å². The molecule has 0 aromatic carbocycles. The Bertz CT molecular complexity index is 1020. The number of aryl methyl sites for hydroxylation is 1. The predicted octanol–water partition coefficient (Wildman–Crippen LogP) is 2.43. The second-order valence-electron chi connectivity index (χ2n) is 6.87. The number of hydrogen-bond acceptors (Lipinski definition) is 9. The number of aliphatic hydroxyl groups is 1. The first-order chi connectivity index (χ1) is 13.6. The highest BCUT2D eigenvalue weighted by Gasteiger charge is 2.19. The predicted molar refractivity (Wildman–Crippen MR) is 106 cm³/mol. The minimum atomic E-state index is -1.05. The number of methoxy groups -OCH3 is 1. The fourth-order valence-corrected chi connectivity index (χ4v) is 2.64. The van der Waals surface area contributed by atoms with Gasteiger partial charge in [0, 0.05) is 18.7 Å². The summed E-state index contributed by atoms with van der Waals surface area (Å²) in [5.74, 6) is 0.415. The van der Waals surface area contributed by atoms with E-state index in [0.717, 1.165) is 0 Å². The summed E-state index contributed by atoms with van der Waals surface area (Å²) in [5, 5.41) is 13.1. The van der Waals surface area contributed by atoms with Crippen molar-refractivity contribution in [2.75, 3.05) is 18.2 Å². The average Bonchev–Trinajstić information content (AvgIpc) is 2.61. The van der Waals surface area contributed by atoms with E-state index in [-0.39, 0.29) is 17.7 Å². The molecule has 29 heavy (non-hydrogen) atoms. The molecule has 0 fully saturated rings. The van der Waals surface area contributed by atoms with Crippen molar-refractivity contribution in [1.82, 2.24) is 24.9 Å². The largest absolute Gasteiger partial charge is 0.479 e. The molecule has 4 N–H and O–H groups in total. The number of pyridine rings is 2. The average molecular weight is 398 g/mol. The van der Waals surface area contributed by atoms with Crippen molar-refractivity contribution >= 4 is 17.5 Å². The third-order valence-corrected chi connectivity index (χ3v) is 3.70. The van der Waals surface area contributed by atoms with Crippen molar-refractivity contribution in [1.29, 1.82) is 0 Å². The van der Waals surface area contributed by atoms with Crippen LogP contribution in [0.25, 0.3) is 11.4 Å². The van der Waals surface area contributed by atoms with Crippen molar-refractivity contribution in [3.05, 3.63) is 48.2 Å². The molecule has 0 aliphatic heterocycles. The number of nitrogens with two attached hydrogens (primary N) is 1. The van der Waals surface area contributed by atoms with Gasteiger partial charge in [0.05, 0.1) is 30.2 Å². The molecule has 9 nitrogen and oxygen atoms in total. The molecule has 0 aliphatic carbocycles. The Labute approximate surface area is 167 Å². The van der Waals surface area contributed by atoms with E-state index in [1.807, 2.05) is 0 Å². The van der Waals surface area contributed by atoms with Crippen LogP contribution in [0, 0.1) is 19.2 Å². The summed E-state index contributed by atoms with van der Waals surface area (Å²) < 4.78 is 18.8. The number of nitrogen functional groups attached to an aromatic ring is 1. The third-order valence-electron chi connectivity index (χ3n) is 3.70. The molecular weight excluding hydrogens is 377 g/mol. The van der Waals surface area contributed by atoms with Crippen molar-refractivity contribution in [3.63, 3.8) is 0 Å². The van der Waals surface area contributed by atoms with Gasteiger partial charge in [-0.1, -0.05) is 0 Å². The lowest BCUT2D eigenvalue weighted by Crippen LogP contribution is -2.19. The van der Waals surface area contributed by atoms with Gasteiger partial charge >= 0.3 is 0 Å². The Hall–Kier alpha value is -3.40. The van der Waals surface area contributed by atoms with Gasteiger partial charge in [-0.25, -0.2) is 19.3 Å². The minimum absolute atomic E-state index is 0.0625. The van der Waals surface area contributed by atoms with Gasteiger partial charge in [0.25, 0.3) is 0 Å². The molecule has 0 saturated heterocycles. The highest BCUT2D eigenvalue weighted by Crippen LogP contribution is 2.30. The number of hydrogen-bond donors (Lipinski definition) is 3. The molecule has 0 atom stereocenters. The smallest absolute Gasteiger partial charge is 0.250 e. The van der Waals surface area contributed by atoms with Crippen molar-refractivity contribution in [2.45, 2.75) is 26.4 Å². The van der Waals surface area contributed by atoms with E-state index in [1.54, 1.807) is 39.5 Å². The molecule has 3 rings (SSSR count). The van der Waals surface area contributed by atoms with Crippen LogP contribution in [-0.4, -0.2) is 42.7 Å². The Morgan fingerprint density at radius 1 is 1.17 bits per heavy atom. The van der Waals surface area contributed by atoms with E-state index in [4.69, 9.17) is 10.5 Å². The topological polar surface area (TPSA) is 132 Å². The number of rotatable bonds is 6. The molecule has 151 valence electrons. The highest BCUT2D eigenvalue weighted by molar-refractivity contribution is 5.75. The van der Waals surface area contributed by atoms with Crippen LogP contribution in [-0.2, 0) is 0 Å². The molecular formula is C19H21FN7O2. The van der Waals surface area contributed by atoms with Gasteiger partial charge < -0.3 is 20.9 Å². The van der Waals surface area contributed by atoms with E-state index in [0.29, 0.717) is 28.5 Å². The first-order valence-corrected chi connectivity index (χ1v) is 8.68. The van der Waals surface area contributed by atoms with Crippen molar-refractivity contribution in [3.8, 4) is 17.3 Å². The number of nitrogens with zero attached hydrogens (tertiary/aromatic N) is 5. The molecule has 3 heterocycles. The maximum absolute atomic E-state index is 14.0. The maximum atomic E-state index is 14.0. The quantitative estimate of drug-likeness (QED) is 0.572. The second-order valence-corrected chi connectivity index (χ2v) is 6.87. The van der Waals surface area contributed by atoms with Gasteiger partial charge in [0.15, 0.2) is 11.6 Å². The Kier molecular flexibility index (Phi) is 5.55. The van der Waals surface area contributed by atoms with Crippen molar-refractivity contribution in [2.24, 2.45) is 0 Å². The zero-order valence-corrected chi connectivity index (χ0v) is 16.4. The Morgan fingerprint density at radius 3 is 2.55 bits per heavy atom. The van der Waals surface area contributed by atoms with E-state index in [1.165, 1.54) is 19.4 Å². The molecule has 0 bridgehead atoms. The lowest BCUT2D eigenvalue weighted by Gasteiger charge is -2.18. The van der Waals surface area contributed by atoms with Gasteiger partial charge in [0.1, 0.15) is 11.6 Å². The third kappa shape index (κ3) is 5.11. The first-order valence-electron chi connectivity index (χ1n) is 8.68. The molecule has 0 aliphatic rings.